The lowest BCUT2D eigenvalue weighted by atomic mass is 9.73. The highest BCUT2D eigenvalue weighted by Crippen LogP contribution is 2.57. The van der Waals surface area contributed by atoms with Gasteiger partial charge in [-0.3, -0.25) is 9.59 Å². The second kappa shape index (κ2) is 8.46. The Morgan fingerprint density at radius 3 is 1.79 bits per heavy atom. The molecule has 2 rings (SSSR count). The molecule has 2 aliphatic carbocycles. The van der Waals surface area contributed by atoms with Crippen molar-refractivity contribution in [3.63, 3.8) is 0 Å². The van der Waals surface area contributed by atoms with Crippen molar-refractivity contribution in [2.75, 3.05) is 28.4 Å². The number of hydrogen-bond donors (Lipinski definition) is 0. The van der Waals surface area contributed by atoms with Gasteiger partial charge in [0.1, 0.15) is 0 Å². The van der Waals surface area contributed by atoms with Gasteiger partial charge in [0.05, 0.1) is 28.4 Å². The van der Waals surface area contributed by atoms with E-state index >= 15 is 0 Å². The molecule has 1 fully saturated rings. The van der Waals surface area contributed by atoms with Gasteiger partial charge in [-0.2, -0.15) is 0 Å². The van der Waals surface area contributed by atoms with E-state index in [0.29, 0.717) is 5.57 Å². The highest BCUT2D eigenvalue weighted by atomic mass is 16.6. The van der Waals surface area contributed by atoms with Crippen LogP contribution in [0, 0.1) is 16.7 Å². The van der Waals surface area contributed by atoms with Gasteiger partial charge in [-0.15, -0.1) is 6.58 Å². The number of methoxy groups -OCH3 is 4. The molecule has 0 radical (unpaired) electrons. The molecular formula is C21H24O8. The number of carbonyl (C=O) groups excluding carboxylic acids is 4. The summed E-state index contributed by atoms with van der Waals surface area (Å²) >= 11 is 0. The maximum Gasteiger partial charge on any atom is 0.345 e. The molecule has 0 aromatic rings. The van der Waals surface area contributed by atoms with E-state index in [0.717, 1.165) is 14.2 Å². The van der Waals surface area contributed by atoms with Crippen molar-refractivity contribution < 1.29 is 38.1 Å². The van der Waals surface area contributed by atoms with Crippen molar-refractivity contribution in [1.82, 2.24) is 0 Å². The van der Waals surface area contributed by atoms with Crippen LogP contribution in [0.3, 0.4) is 0 Å². The molecule has 0 amide bonds. The molecule has 1 saturated carbocycles. The van der Waals surface area contributed by atoms with Gasteiger partial charge in [-0.1, -0.05) is 30.4 Å². The summed E-state index contributed by atoms with van der Waals surface area (Å²) in [6, 6.07) is 0. The minimum absolute atomic E-state index is 0.0993. The number of rotatable bonds is 5. The molecule has 0 N–H and O–H groups in total. The van der Waals surface area contributed by atoms with Crippen molar-refractivity contribution in [3.05, 3.63) is 48.1 Å². The molecule has 0 saturated heterocycles. The summed E-state index contributed by atoms with van der Waals surface area (Å²) < 4.78 is 19.1. The van der Waals surface area contributed by atoms with Crippen molar-refractivity contribution in [3.8, 4) is 0 Å². The summed E-state index contributed by atoms with van der Waals surface area (Å²) in [5.41, 5.74) is -2.18. The van der Waals surface area contributed by atoms with E-state index in [9.17, 15) is 19.2 Å². The lowest BCUT2D eigenvalue weighted by molar-refractivity contribution is -0.169. The smallest absolute Gasteiger partial charge is 0.345 e. The third-order valence-electron chi connectivity index (χ3n) is 5.52. The van der Waals surface area contributed by atoms with E-state index in [2.05, 4.69) is 16.1 Å². The van der Waals surface area contributed by atoms with E-state index in [1.54, 1.807) is 30.4 Å². The second-order valence-electron chi connectivity index (χ2n) is 6.88. The Morgan fingerprint density at radius 2 is 1.41 bits per heavy atom. The summed E-state index contributed by atoms with van der Waals surface area (Å²) in [4.78, 5) is 49.1. The van der Waals surface area contributed by atoms with Crippen LogP contribution in [0.2, 0.25) is 0 Å². The van der Waals surface area contributed by atoms with Gasteiger partial charge in [0.2, 0.25) is 0 Å². The first-order valence-corrected chi connectivity index (χ1v) is 8.84. The fourth-order valence-electron chi connectivity index (χ4n) is 4.04. The molecule has 1 atom stereocenters. The summed E-state index contributed by atoms with van der Waals surface area (Å²) in [5, 5.41) is 0. The molecule has 8 nitrogen and oxygen atoms in total. The average Bonchev–Trinajstić information content (AvgIpc) is 3.08. The molecule has 0 heterocycles. The molecule has 0 unspecified atom stereocenters. The lowest BCUT2D eigenvalue weighted by Crippen LogP contribution is -2.40. The van der Waals surface area contributed by atoms with Crippen LogP contribution in [0.1, 0.15) is 12.8 Å². The number of hydrogen-bond acceptors (Lipinski definition) is 8. The van der Waals surface area contributed by atoms with Gasteiger partial charge in [-0.25, -0.2) is 9.59 Å². The summed E-state index contributed by atoms with van der Waals surface area (Å²) in [5.74, 6) is -3.30. The van der Waals surface area contributed by atoms with E-state index in [-0.39, 0.29) is 24.3 Å². The van der Waals surface area contributed by atoms with Crippen LogP contribution in [0.25, 0.3) is 0 Å². The standard InChI is InChI=1S/C21H24O8/c1-6-14-11-21(18(24)28-4,19(25)29-5)12-20(14)9-7-13(8-10-20)15(16(22)26-2)17(23)27-3/h6-10,14H,1,11-12H2,2-5H3/t14-/m0/s1. The van der Waals surface area contributed by atoms with Gasteiger partial charge in [0.15, 0.2) is 11.0 Å². The summed E-state index contributed by atoms with van der Waals surface area (Å²) in [6.45, 7) is 3.83. The minimum atomic E-state index is -1.48. The SMILES string of the molecule is C=C[C@H]1CC(C(=O)OC)(C(=O)OC)CC12C=CC(=C(C(=O)OC)C(=O)OC)C=C2. The second-order valence-corrected chi connectivity index (χ2v) is 6.88. The van der Waals surface area contributed by atoms with Gasteiger partial charge in [-0.05, 0) is 24.3 Å². The van der Waals surface area contributed by atoms with Crippen molar-refractivity contribution >= 4 is 23.9 Å². The average molecular weight is 404 g/mol. The first-order chi connectivity index (χ1) is 13.7. The van der Waals surface area contributed by atoms with Gasteiger partial charge in [0.25, 0.3) is 0 Å². The molecule has 156 valence electrons. The first-order valence-electron chi connectivity index (χ1n) is 8.84. The van der Waals surface area contributed by atoms with Crippen LogP contribution < -0.4 is 0 Å². The third-order valence-corrected chi connectivity index (χ3v) is 5.52. The third kappa shape index (κ3) is 3.62. The Kier molecular flexibility index (Phi) is 6.46. The van der Waals surface area contributed by atoms with Crippen molar-refractivity contribution in [2.24, 2.45) is 16.7 Å². The van der Waals surface area contributed by atoms with E-state index in [4.69, 9.17) is 9.47 Å². The van der Waals surface area contributed by atoms with Crippen LogP contribution in [-0.2, 0) is 38.1 Å². The van der Waals surface area contributed by atoms with Gasteiger partial charge in [0, 0.05) is 5.41 Å². The Balaban J connectivity index is 2.53. The zero-order valence-corrected chi connectivity index (χ0v) is 16.9. The van der Waals surface area contributed by atoms with Crippen LogP contribution >= 0.6 is 0 Å². The molecule has 0 aromatic carbocycles. The predicted octanol–water partition coefficient (Wildman–Crippen LogP) is 1.67. The quantitative estimate of drug-likeness (QED) is 0.170. The zero-order chi connectivity index (χ0) is 21.8. The molecule has 2 aliphatic rings. The van der Waals surface area contributed by atoms with Crippen LogP contribution in [0.4, 0.5) is 0 Å². The molecule has 0 aliphatic heterocycles. The van der Waals surface area contributed by atoms with Crippen molar-refractivity contribution in [1.29, 1.82) is 0 Å². The fraction of sp³-hybridized carbons (Fsp3) is 0.429. The molecular weight excluding hydrogens is 380 g/mol. The summed E-state index contributed by atoms with van der Waals surface area (Å²) in [6.07, 6.45) is 8.56. The highest BCUT2D eigenvalue weighted by molar-refractivity contribution is 6.15. The Labute approximate surface area is 168 Å². The minimum Gasteiger partial charge on any atom is -0.468 e. The normalized spacial score (nSPS) is 24.0. The van der Waals surface area contributed by atoms with E-state index in [1.807, 2.05) is 0 Å². The number of esters is 4. The maximum absolute atomic E-state index is 12.5. The fourth-order valence-corrected chi connectivity index (χ4v) is 4.04. The lowest BCUT2D eigenvalue weighted by Gasteiger charge is -2.30. The largest absolute Gasteiger partial charge is 0.468 e. The number of ether oxygens (including phenoxy) is 4. The van der Waals surface area contributed by atoms with Crippen LogP contribution in [0.5, 0.6) is 0 Å². The molecule has 29 heavy (non-hydrogen) atoms. The molecule has 1 spiro atoms. The Morgan fingerprint density at radius 1 is 0.931 bits per heavy atom. The topological polar surface area (TPSA) is 105 Å². The highest BCUT2D eigenvalue weighted by Gasteiger charge is 2.61. The van der Waals surface area contributed by atoms with E-state index < -0.39 is 34.7 Å². The summed E-state index contributed by atoms with van der Waals surface area (Å²) in [7, 11) is 4.76. The molecule has 0 aromatic heterocycles. The van der Waals surface area contributed by atoms with Gasteiger partial charge < -0.3 is 18.9 Å². The Hall–Kier alpha value is -3.16. The van der Waals surface area contributed by atoms with Crippen molar-refractivity contribution in [2.45, 2.75) is 12.8 Å². The molecule has 0 bridgehead atoms. The van der Waals surface area contributed by atoms with Gasteiger partial charge >= 0.3 is 23.9 Å². The Bertz CT molecular complexity index is 780. The number of carbonyl (C=O) groups is 4. The number of allylic oxidation sites excluding steroid dienone is 6. The first kappa shape index (κ1) is 22.1. The maximum atomic E-state index is 12.5. The monoisotopic (exact) mass is 404 g/mol. The predicted molar refractivity (Wildman–Crippen MR) is 101 cm³/mol. The molecule has 8 heteroatoms. The van der Waals surface area contributed by atoms with Crippen LogP contribution in [-0.4, -0.2) is 52.3 Å². The van der Waals surface area contributed by atoms with Crippen LogP contribution in [0.15, 0.2) is 48.1 Å². The van der Waals surface area contributed by atoms with E-state index in [1.165, 1.54) is 14.2 Å². The zero-order valence-electron chi connectivity index (χ0n) is 16.9.